The van der Waals surface area contributed by atoms with E-state index in [0.29, 0.717) is 24.8 Å². The highest BCUT2D eigenvalue weighted by atomic mass is 19.3. The van der Waals surface area contributed by atoms with Crippen LogP contribution in [0, 0.1) is 11.7 Å². The summed E-state index contributed by atoms with van der Waals surface area (Å²) in [5.74, 6) is -3.13. The molecule has 2 N–H and O–H groups in total. The van der Waals surface area contributed by atoms with Crippen LogP contribution in [0.2, 0.25) is 0 Å². The van der Waals surface area contributed by atoms with E-state index in [9.17, 15) is 13.2 Å². The van der Waals surface area contributed by atoms with Gasteiger partial charge in [0, 0.05) is 18.9 Å². The van der Waals surface area contributed by atoms with Gasteiger partial charge in [0.2, 0.25) is 5.92 Å². The Balaban J connectivity index is 2.00. The molecule has 2 unspecified atom stereocenters. The number of hydrogen-bond acceptors (Lipinski definition) is 1. The lowest BCUT2D eigenvalue weighted by Crippen LogP contribution is -2.39. The van der Waals surface area contributed by atoms with Crippen LogP contribution < -0.4 is 5.73 Å². The largest absolute Gasteiger partial charge is 0.327 e. The number of rotatable bonds is 3. The maximum Gasteiger partial charge on any atom is 0.248 e. The molecule has 1 aromatic carbocycles. The van der Waals surface area contributed by atoms with Crippen LogP contribution in [0.3, 0.4) is 0 Å². The Morgan fingerprint density at radius 3 is 2.72 bits per heavy atom. The first-order valence-electron chi connectivity index (χ1n) is 6.35. The van der Waals surface area contributed by atoms with Crippen molar-refractivity contribution in [2.24, 2.45) is 11.7 Å². The van der Waals surface area contributed by atoms with Gasteiger partial charge in [-0.2, -0.15) is 0 Å². The van der Waals surface area contributed by atoms with Gasteiger partial charge in [0.1, 0.15) is 5.82 Å². The lowest BCUT2D eigenvalue weighted by Gasteiger charge is -2.32. The second-order valence-electron chi connectivity index (χ2n) is 5.17. The van der Waals surface area contributed by atoms with Crippen molar-refractivity contribution in [1.82, 2.24) is 0 Å². The standard InChI is InChI=1S/C14H18F3N/c15-12-6-2-1-4-10(12)8-13(18)11-5-3-7-14(16,17)9-11/h1-2,4,6,11,13H,3,5,7-9,18H2. The summed E-state index contributed by atoms with van der Waals surface area (Å²) in [5.41, 5.74) is 6.48. The van der Waals surface area contributed by atoms with E-state index in [2.05, 4.69) is 0 Å². The molecule has 0 aliphatic heterocycles. The lowest BCUT2D eigenvalue weighted by molar-refractivity contribution is -0.0561. The molecular formula is C14H18F3N. The number of halogens is 3. The molecule has 0 amide bonds. The van der Waals surface area contributed by atoms with Gasteiger partial charge in [-0.3, -0.25) is 0 Å². The molecule has 2 rings (SSSR count). The second kappa shape index (κ2) is 5.31. The maximum atomic E-state index is 13.5. The number of nitrogens with two attached hydrogens (primary N) is 1. The van der Waals surface area contributed by atoms with E-state index in [-0.39, 0.29) is 24.6 Å². The van der Waals surface area contributed by atoms with Gasteiger partial charge in [0.15, 0.2) is 0 Å². The molecule has 1 aliphatic carbocycles. The smallest absolute Gasteiger partial charge is 0.248 e. The fraction of sp³-hybridized carbons (Fsp3) is 0.571. The number of hydrogen-bond donors (Lipinski definition) is 1. The minimum Gasteiger partial charge on any atom is -0.327 e. The van der Waals surface area contributed by atoms with Crippen molar-refractivity contribution >= 4 is 0 Å². The predicted molar refractivity (Wildman–Crippen MR) is 65.0 cm³/mol. The van der Waals surface area contributed by atoms with Gasteiger partial charge in [-0.15, -0.1) is 0 Å². The second-order valence-corrected chi connectivity index (χ2v) is 5.17. The maximum absolute atomic E-state index is 13.5. The molecule has 1 aromatic rings. The molecule has 0 heterocycles. The first kappa shape index (κ1) is 13.4. The molecule has 1 saturated carbocycles. The molecule has 1 fully saturated rings. The Morgan fingerprint density at radius 2 is 2.06 bits per heavy atom. The summed E-state index contributed by atoms with van der Waals surface area (Å²) in [6, 6.07) is 5.99. The summed E-state index contributed by atoms with van der Waals surface area (Å²) in [6.07, 6.45) is 1.33. The summed E-state index contributed by atoms with van der Waals surface area (Å²) in [7, 11) is 0. The van der Waals surface area contributed by atoms with Crippen LogP contribution in [0.15, 0.2) is 24.3 Å². The van der Waals surface area contributed by atoms with Crippen LogP contribution in [0.1, 0.15) is 31.2 Å². The molecule has 0 spiro atoms. The summed E-state index contributed by atoms with van der Waals surface area (Å²) in [4.78, 5) is 0. The first-order valence-corrected chi connectivity index (χ1v) is 6.35. The molecule has 1 nitrogen and oxygen atoms in total. The summed E-state index contributed by atoms with van der Waals surface area (Å²) >= 11 is 0. The highest BCUT2D eigenvalue weighted by molar-refractivity contribution is 5.18. The van der Waals surface area contributed by atoms with Gasteiger partial charge in [-0.1, -0.05) is 18.2 Å². The monoisotopic (exact) mass is 257 g/mol. The van der Waals surface area contributed by atoms with E-state index in [1.54, 1.807) is 18.2 Å². The predicted octanol–water partition coefficient (Wildman–Crippen LogP) is 3.52. The highest BCUT2D eigenvalue weighted by Crippen LogP contribution is 2.38. The quantitative estimate of drug-likeness (QED) is 0.881. The molecule has 4 heteroatoms. The van der Waals surface area contributed by atoms with Crippen LogP contribution in [-0.4, -0.2) is 12.0 Å². The van der Waals surface area contributed by atoms with Crippen molar-refractivity contribution < 1.29 is 13.2 Å². The van der Waals surface area contributed by atoms with Crippen LogP contribution in [-0.2, 0) is 6.42 Å². The van der Waals surface area contributed by atoms with Crippen molar-refractivity contribution in [1.29, 1.82) is 0 Å². The van der Waals surface area contributed by atoms with Crippen LogP contribution in [0.4, 0.5) is 13.2 Å². The Kier molecular flexibility index (Phi) is 3.95. The van der Waals surface area contributed by atoms with E-state index in [1.807, 2.05) is 0 Å². The summed E-state index contributed by atoms with van der Waals surface area (Å²) in [6.45, 7) is 0. The fourth-order valence-corrected chi connectivity index (χ4v) is 2.66. The molecule has 2 atom stereocenters. The molecule has 1 aliphatic rings. The fourth-order valence-electron chi connectivity index (χ4n) is 2.66. The molecule has 0 aromatic heterocycles. The highest BCUT2D eigenvalue weighted by Gasteiger charge is 2.38. The van der Waals surface area contributed by atoms with Crippen molar-refractivity contribution in [2.45, 2.75) is 44.1 Å². The Morgan fingerprint density at radius 1 is 1.33 bits per heavy atom. The van der Waals surface area contributed by atoms with Gasteiger partial charge in [-0.25, -0.2) is 13.2 Å². The minimum atomic E-state index is -2.60. The molecule has 0 radical (unpaired) electrons. The van der Waals surface area contributed by atoms with Crippen molar-refractivity contribution in [3.8, 4) is 0 Å². The van der Waals surface area contributed by atoms with Gasteiger partial charge >= 0.3 is 0 Å². The molecular weight excluding hydrogens is 239 g/mol. The van der Waals surface area contributed by atoms with Gasteiger partial charge < -0.3 is 5.73 Å². The van der Waals surface area contributed by atoms with Gasteiger partial charge in [0.05, 0.1) is 0 Å². The third-order valence-electron chi connectivity index (χ3n) is 3.70. The molecule has 0 saturated heterocycles. The molecule has 100 valence electrons. The van der Waals surface area contributed by atoms with E-state index in [0.717, 1.165) is 0 Å². The number of benzene rings is 1. The minimum absolute atomic E-state index is 0.0457. The molecule has 18 heavy (non-hydrogen) atoms. The van der Waals surface area contributed by atoms with E-state index in [4.69, 9.17) is 5.73 Å². The summed E-state index contributed by atoms with van der Waals surface area (Å²) < 4.78 is 40.1. The first-order chi connectivity index (χ1) is 8.48. The lowest BCUT2D eigenvalue weighted by atomic mass is 9.80. The Labute approximate surface area is 105 Å². The Bertz CT molecular complexity index is 406. The van der Waals surface area contributed by atoms with Gasteiger partial charge in [-0.05, 0) is 36.8 Å². The van der Waals surface area contributed by atoms with E-state index in [1.165, 1.54) is 6.07 Å². The third kappa shape index (κ3) is 3.25. The molecule has 0 bridgehead atoms. The van der Waals surface area contributed by atoms with Crippen molar-refractivity contribution in [2.75, 3.05) is 0 Å². The summed E-state index contributed by atoms with van der Waals surface area (Å²) in [5, 5.41) is 0. The Hall–Kier alpha value is -1.03. The van der Waals surface area contributed by atoms with E-state index >= 15 is 0 Å². The topological polar surface area (TPSA) is 26.0 Å². The van der Waals surface area contributed by atoms with Crippen molar-refractivity contribution in [3.05, 3.63) is 35.6 Å². The van der Waals surface area contributed by atoms with Gasteiger partial charge in [0.25, 0.3) is 0 Å². The average Bonchev–Trinajstić information content (AvgIpc) is 2.31. The van der Waals surface area contributed by atoms with Crippen LogP contribution in [0.25, 0.3) is 0 Å². The number of alkyl halides is 2. The van der Waals surface area contributed by atoms with E-state index < -0.39 is 12.0 Å². The normalized spacial score (nSPS) is 24.8. The van der Waals surface area contributed by atoms with Crippen LogP contribution in [0.5, 0.6) is 0 Å². The zero-order valence-electron chi connectivity index (χ0n) is 10.2. The van der Waals surface area contributed by atoms with Crippen LogP contribution >= 0.6 is 0 Å². The SMILES string of the molecule is NC(Cc1ccccc1F)C1CCCC(F)(F)C1. The average molecular weight is 257 g/mol. The zero-order chi connectivity index (χ0) is 13.2. The zero-order valence-corrected chi connectivity index (χ0v) is 10.2. The third-order valence-corrected chi connectivity index (χ3v) is 3.70. The van der Waals surface area contributed by atoms with Crippen molar-refractivity contribution in [3.63, 3.8) is 0 Å².